The highest BCUT2D eigenvalue weighted by Crippen LogP contribution is 2.21. The van der Waals surface area contributed by atoms with Gasteiger partial charge in [0.05, 0.1) is 11.6 Å². The van der Waals surface area contributed by atoms with Gasteiger partial charge in [0.25, 0.3) is 0 Å². The molecule has 1 rings (SSSR count). The van der Waals surface area contributed by atoms with Gasteiger partial charge < -0.3 is 5.11 Å². The van der Waals surface area contributed by atoms with Crippen LogP contribution in [0.15, 0.2) is 23.1 Å². The molecule has 4 nitrogen and oxygen atoms in total. The lowest BCUT2D eigenvalue weighted by atomic mass is 10.3. The third-order valence-electron chi connectivity index (χ3n) is 1.59. The summed E-state index contributed by atoms with van der Waals surface area (Å²) in [6.07, 6.45) is 0. The van der Waals surface area contributed by atoms with Crippen LogP contribution in [-0.4, -0.2) is 26.7 Å². The summed E-state index contributed by atoms with van der Waals surface area (Å²) >= 11 is 5.57. The zero-order valence-corrected chi connectivity index (χ0v) is 9.15. The quantitative estimate of drug-likeness (QED) is 0.832. The van der Waals surface area contributed by atoms with Gasteiger partial charge in [0.2, 0.25) is 10.0 Å². The number of hydrogen-bond acceptors (Lipinski definition) is 3. The summed E-state index contributed by atoms with van der Waals surface area (Å²) in [6.45, 7) is -0.436. The minimum absolute atomic E-state index is 0.115. The van der Waals surface area contributed by atoms with E-state index in [-0.39, 0.29) is 23.1 Å². The lowest BCUT2D eigenvalue weighted by molar-refractivity contribution is 0.301. The first kappa shape index (κ1) is 12.4. The molecule has 0 aliphatic carbocycles. The number of aliphatic hydroxyl groups is 1. The Kier molecular flexibility index (Phi) is 4.04. The molecular weight excluding hydrogens is 245 g/mol. The third kappa shape index (κ3) is 3.13. The predicted octanol–water partition coefficient (Wildman–Crippen LogP) is 0.750. The molecule has 0 heterocycles. The molecule has 2 N–H and O–H groups in total. The van der Waals surface area contributed by atoms with Crippen molar-refractivity contribution in [3.63, 3.8) is 0 Å². The van der Waals surface area contributed by atoms with Crippen LogP contribution in [-0.2, 0) is 10.0 Å². The molecule has 0 unspecified atom stereocenters. The molecule has 0 atom stereocenters. The lowest BCUT2D eigenvalue weighted by Gasteiger charge is -2.06. The van der Waals surface area contributed by atoms with Crippen LogP contribution in [0.5, 0.6) is 0 Å². The third-order valence-corrected chi connectivity index (χ3v) is 3.53. The standard InChI is InChI=1S/C8H9ClFNO3S/c9-7-5-6(10)1-2-8(7)15(13,14)11-3-4-12/h1-2,5,11-12H,3-4H2. The van der Waals surface area contributed by atoms with Crippen molar-refractivity contribution in [3.05, 3.63) is 29.0 Å². The minimum atomic E-state index is -3.78. The Bertz CT molecular complexity index is 449. The Morgan fingerprint density at radius 1 is 1.47 bits per heavy atom. The highest BCUT2D eigenvalue weighted by atomic mass is 35.5. The Balaban J connectivity index is 3.05. The molecule has 0 amide bonds. The topological polar surface area (TPSA) is 66.4 Å². The van der Waals surface area contributed by atoms with Gasteiger partial charge in [0.1, 0.15) is 10.7 Å². The maximum Gasteiger partial charge on any atom is 0.242 e. The average molecular weight is 254 g/mol. The van der Waals surface area contributed by atoms with Crippen molar-refractivity contribution in [2.45, 2.75) is 4.90 Å². The second-order valence-electron chi connectivity index (χ2n) is 2.70. The Morgan fingerprint density at radius 3 is 2.67 bits per heavy atom. The molecule has 7 heteroatoms. The monoisotopic (exact) mass is 253 g/mol. The van der Waals surface area contributed by atoms with E-state index in [1.807, 2.05) is 0 Å². The van der Waals surface area contributed by atoms with E-state index in [4.69, 9.17) is 16.7 Å². The van der Waals surface area contributed by atoms with Gasteiger partial charge in [-0.25, -0.2) is 17.5 Å². The minimum Gasteiger partial charge on any atom is -0.395 e. The number of aliphatic hydroxyl groups excluding tert-OH is 1. The van der Waals surface area contributed by atoms with Crippen LogP contribution >= 0.6 is 11.6 Å². The number of halogens is 2. The van der Waals surface area contributed by atoms with Crippen molar-refractivity contribution < 1.29 is 17.9 Å². The van der Waals surface area contributed by atoms with Crippen molar-refractivity contribution in [2.24, 2.45) is 0 Å². The molecule has 1 aromatic carbocycles. The summed E-state index contributed by atoms with van der Waals surface area (Å²) in [4.78, 5) is -0.209. The number of hydrogen-bond donors (Lipinski definition) is 2. The van der Waals surface area contributed by atoms with Gasteiger partial charge >= 0.3 is 0 Å². The Labute approximate surface area is 91.7 Å². The van der Waals surface area contributed by atoms with Crippen LogP contribution in [0.3, 0.4) is 0 Å². The summed E-state index contributed by atoms with van der Waals surface area (Å²) in [5, 5.41) is 8.28. The summed E-state index contributed by atoms with van der Waals surface area (Å²) < 4.78 is 37.7. The van der Waals surface area contributed by atoms with Gasteiger partial charge in [-0.05, 0) is 18.2 Å². The van der Waals surface area contributed by atoms with Crippen molar-refractivity contribution in [3.8, 4) is 0 Å². The van der Waals surface area contributed by atoms with E-state index in [1.165, 1.54) is 0 Å². The fourth-order valence-corrected chi connectivity index (χ4v) is 2.50. The highest BCUT2D eigenvalue weighted by Gasteiger charge is 2.17. The first-order valence-electron chi connectivity index (χ1n) is 4.03. The number of benzene rings is 1. The van der Waals surface area contributed by atoms with E-state index in [0.29, 0.717) is 0 Å². The van der Waals surface area contributed by atoms with Gasteiger partial charge in [0.15, 0.2) is 0 Å². The van der Waals surface area contributed by atoms with Gasteiger partial charge in [-0.1, -0.05) is 11.6 Å². The highest BCUT2D eigenvalue weighted by molar-refractivity contribution is 7.89. The smallest absolute Gasteiger partial charge is 0.242 e. The average Bonchev–Trinajstić information content (AvgIpc) is 2.14. The summed E-state index contributed by atoms with van der Waals surface area (Å²) in [5.74, 6) is -0.610. The molecule has 15 heavy (non-hydrogen) atoms. The fourth-order valence-electron chi connectivity index (χ4n) is 0.951. The van der Waals surface area contributed by atoms with Crippen LogP contribution in [0.2, 0.25) is 5.02 Å². The normalized spacial score (nSPS) is 11.7. The van der Waals surface area contributed by atoms with Crippen molar-refractivity contribution in [1.29, 1.82) is 0 Å². The molecule has 0 radical (unpaired) electrons. The summed E-state index contributed by atoms with van der Waals surface area (Å²) in [6, 6.07) is 2.98. The molecule has 0 bridgehead atoms. The molecule has 0 saturated carbocycles. The van der Waals surface area contributed by atoms with E-state index in [1.54, 1.807) is 0 Å². The first-order chi connectivity index (χ1) is 6.97. The van der Waals surface area contributed by atoms with Crippen LogP contribution in [0, 0.1) is 5.82 Å². The molecule has 84 valence electrons. The number of rotatable bonds is 4. The molecule has 1 aromatic rings. The van der Waals surface area contributed by atoms with Crippen LogP contribution in [0.1, 0.15) is 0 Å². The zero-order valence-electron chi connectivity index (χ0n) is 7.57. The maximum atomic E-state index is 12.6. The fraction of sp³-hybridized carbons (Fsp3) is 0.250. The lowest BCUT2D eigenvalue weighted by Crippen LogP contribution is -2.26. The summed E-state index contributed by atoms with van der Waals surface area (Å²) in [7, 11) is -3.78. The van der Waals surface area contributed by atoms with Crippen LogP contribution in [0.4, 0.5) is 4.39 Å². The molecule has 0 saturated heterocycles. The van der Waals surface area contributed by atoms with Gasteiger partial charge in [-0.15, -0.1) is 0 Å². The van der Waals surface area contributed by atoms with E-state index in [2.05, 4.69) is 4.72 Å². The second kappa shape index (κ2) is 4.89. The van der Waals surface area contributed by atoms with Crippen molar-refractivity contribution >= 4 is 21.6 Å². The largest absolute Gasteiger partial charge is 0.395 e. The molecule has 0 fully saturated rings. The van der Waals surface area contributed by atoms with E-state index in [9.17, 15) is 12.8 Å². The SMILES string of the molecule is O=S(=O)(NCCO)c1ccc(F)cc1Cl. The molecule has 0 aromatic heterocycles. The maximum absolute atomic E-state index is 12.6. The second-order valence-corrected chi connectivity index (χ2v) is 4.84. The van der Waals surface area contributed by atoms with Crippen LogP contribution < -0.4 is 4.72 Å². The Hall–Kier alpha value is -0.690. The number of nitrogens with one attached hydrogen (secondary N) is 1. The van der Waals surface area contributed by atoms with Crippen LogP contribution in [0.25, 0.3) is 0 Å². The molecule has 0 spiro atoms. The first-order valence-corrected chi connectivity index (χ1v) is 5.89. The molecule has 0 aliphatic rings. The molecule has 0 aliphatic heterocycles. The predicted molar refractivity (Wildman–Crippen MR) is 53.7 cm³/mol. The van der Waals surface area contributed by atoms with E-state index >= 15 is 0 Å². The summed E-state index contributed by atoms with van der Waals surface area (Å²) in [5.41, 5.74) is 0. The zero-order chi connectivity index (χ0) is 11.5. The van der Waals surface area contributed by atoms with Crippen molar-refractivity contribution in [1.82, 2.24) is 4.72 Å². The Morgan fingerprint density at radius 2 is 2.13 bits per heavy atom. The van der Waals surface area contributed by atoms with Crippen molar-refractivity contribution in [2.75, 3.05) is 13.2 Å². The van der Waals surface area contributed by atoms with E-state index < -0.39 is 15.8 Å². The van der Waals surface area contributed by atoms with Gasteiger partial charge in [-0.2, -0.15) is 0 Å². The number of sulfonamides is 1. The van der Waals surface area contributed by atoms with Gasteiger partial charge in [0, 0.05) is 6.54 Å². The van der Waals surface area contributed by atoms with Gasteiger partial charge in [-0.3, -0.25) is 0 Å². The van der Waals surface area contributed by atoms with E-state index in [0.717, 1.165) is 18.2 Å². The molecular formula is C8H9ClFNO3S.